The van der Waals surface area contributed by atoms with Gasteiger partial charge >= 0.3 is 13.1 Å². The summed E-state index contributed by atoms with van der Waals surface area (Å²) in [4.78, 5) is 12.4. The van der Waals surface area contributed by atoms with Gasteiger partial charge in [0, 0.05) is 17.2 Å². The zero-order valence-electron chi connectivity index (χ0n) is 24.9. The van der Waals surface area contributed by atoms with Crippen LogP contribution in [-0.4, -0.2) is 41.2 Å². The summed E-state index contributed by atoms with van der Waals surface area (Å²) in [6, 6.07) is 38.6. The number of aromatic nitrogens is 2. The van der Waals surface area contributed by atoms with E-state index in [1.165, 1.54) is 0 Å². The van der Waals surface area contributed by atoms with E-state index >= 15 is 0 Å². The van der Waals surface area contributed by atoms with Crippen LogP contribution in [-0.2, 0) is 19.6 Å². The fourth-order valence-electron chi connectivity index (χ4n) is 5.75. The van der Waals surface area contributed by atoms with Crippen LogP contribution in [0.25, 0.3) is 11.3 Å². The minimum absolute atomic E-state index is 0.123. The number of hydrogen-bond acceptors (Lipinski definition) is 5. The molecule has 0 aliphatic carbocycles. The van der Waals surface area contributed by atoms with Gasteiger partial charge in [-0.3, -0.25) is 4.68 Å². The predicted molar refractivity (Wildman–Crippen MR) is 169 cm³/mol. The van der Waals surface area contributed by atoms with Crippen LogP contribution in [0.5, 0.6) is 0 Å². The highest BCUT2D eigenvalue weighted by atomic mass is 16.7. The molecule has 1 atom stereocenters. The second kappa shape index (κ2) is 11.7. The molecule has 0 spiro atoms. The summed E-state index contributed by atoms with van der Waals surface area (Å²) in [5.74, 6) is -0.353. The Morgan fingerprint density at radius 1 is 0.860 bits per heavy atom. The summed E-state index contributed by atoms with van der Waals surface area (Å²) in [6.07, 6.45) is 1.93. The Balaban J connectivity index is 1.61. The van der Waals surface area contributed by atoms with Gasteiger partial charge in [-0.2, -0.15) is 5.10 Å². The van der Waals surface area contributed by atoms with Crippen molar-refractivity contribution in [2.45, 2.75) is 44.9 Å². The van der Waals surface area contributed by atoms with Crippen molar-refractivity contribution in [3.8, 4) is 11.3 Å². The third kappa shape index (κ3) is 5.20. The first-order valence-corrected chi connectivity index (χ1v) is 14.7. The number of ether oxygens (including phenoxy) is 1. The fourth-order valence-corrected chi connectivity index (χ4v) is 5.75. The molecular weight excluding hydrogens is 535 g/mol. The van der Waals surface area contributed by atoms with E-state index < -0.39 is 18.3 Å². The van der Waals surface area contributed by atoms with E-state index in [0.29, 0.717) is 12.2 Å². The quantitative estimate of drug-likeness (QED) is 0.122. The van der Waals surface area contributed by atoms with Gasteiger partial charge in [0.15, 0.2) is 0 Å². The zero-order valence-corrected chi connectivity index (χ0v) is 24.9. The van der Waals surface area contributed by atoms with Crippen LogP contribution < -0.4 is 5.46 Å². The molecule has 216 valence electrons. The topological polar surface area (TPSA) is 62.6 Å². The lowest BCUT2D eigenvalue weighted by Crippen LogP contribution is -2.39. The van der Waals surface area contributed by atoms with Crippen molar-refractivity contribution in [3.05, 3.63) is 144 Å². The molecule has 4 aromatic carbocycles. The molecule has 43 heavy (non-hydrogen) atoms. The van der Waals surface area contributed by atoms with Crippen molar-refractivity contribution in [2.24, 2.45) is 0 Å². The maximum absolute atomic E-state index is 12.4. The summed E-state index contributed by atoms with van der Waals surface area (Å²) >= 11 is 0. The summed E-state index contributed by atoms with van der Waals surface area (Å²) in [5.41, 5.74) is 4.77. The molecule has 5 aromatic rings. The highest BCUT2D eigenvalue weighted by molar-refractivity contribution is 6.63. The van der Waals surface area contributed by atoms with E-state index in [2.05, 4.69) is 79.0 Å². The Labute approximate surface area is 253 Å². The summed E-state index contributed by atoms with van der Waals surface area (Å²) < 4.78 is 20.2. The SMILES string of the molecule is CCOC(=O)c1ccc(-c2nn(C(c3ccccc3)(c3ccccc3)c3ccccc3)cc2B2OC(C)C(C)(C)O2)cc1. The molecule has 1 unspecified atom stereocenters. The first kappa shape index (κ1) is 28.7. The van der Waals surface area contributed by atoms with E-state index in [-0.39, 0.29) is 12.1 Å². The van der Waals surface area contributed by atoms with E-state index in [1.54, 1.807) is 19.1 Å². The minimum atomic E-state index is -0.804. The van der Waals surface area contributed by atoms with Gasteiger partial charge in [-0.1, -0.05) is 103 Å². The molecular formula is C36H35BN2O4. The van der Waals surface area contributed by atoms with Crippen molar-refractivity contribution < 1.29 is 18.8 Å². The van der Waals surface area contributed by atoms with E-state index in [0.717, 1.165) is 33.4 Å². The number of carbonyl (C=O) groups is 1. The average Bonchev–Trinajstić information content (AvgIpc) is 3.60. The van der Waals surface area contributed by atoms with Crippen LogP contribution in [0.15, 0.2) is 121 Å². The molecule has 1 aromatic heterocycles. The van der Waals surface area contributed by atoms with Crippen molar-refractivity contribution in [1.82, 2.24) is 9.78 Å². The van der Waals surface area contributed by atoms with Crippen LogP contribution in [0.3, 0.4) is 0 Å². The molecule has 0 N–H and O–H groups in total. The van der Waals surface area contributed by atoms with Crippen LogP contribution in [0, 0.1) is 0 Å². The maximum Gasteiger partial charge on any atom is 0.498 e. The fraction of sp³-hybridized carbons (Fsp3) is 0.222. The van der Waals surface area contributed by atoms with Crippen LogP contribution >= 0.6 is 0 Å². The van der Waals surface area contributed by atoms with Gasteiger partial charge in [0.2, 0.25) is 0 Å². The van der Waals surface area contributed by atoms with Gasteiger partial charge in [-0.25, -0.2) is 4.79 Å². The predicted octanol–water partition coefficient (Wildman–Crippen LogP) is 6.48. The van der Waals surface area contributed by atoms with E-state index in [1.807, 2.05) is 55.8 Å². The van der Waals surface area contributed by atoms with Crippen molar-refractivity contribution in [2.75, 3.05) is 6.61 Å². The van der Waals surface area contributed by atoms with Crippen molar-refractivity contribution >= 4 is 18.6 Å². The number of hydrogen-bond donors (Lipinski definition) is 0. The number of carbonyl (C=O) groups excluding carboxylic acids is 1. The zero-order chi connectivity index (χ0) is 30.0. The molecule has 6 rings (SSSR count). The Morgan fingerprint density at radius 2 is 1.37 bits per heavy atom. The van der Waals surface area contributed by atoms with Gasteiger partial charge in [-0.15, -0.1) is 0 Å². The molecule has 1 aliphatic heterocycles. The number of rotatable bonds is 8. The highest BCUT2D eigenvalue weighted by Crippen LogP contribution is 2.41. The van der Waals surface area contributed by atoms with Crippen molar-refractivity contribution in [3.63, 3.8) is 0 Å². The summed E-state index contributed by atoms with van der Waals surface area (Å²) in [5, 5.41) is 5.35. The van der Waals surface area contributed by atoms with Gasteiger partial charge in [0.05, 0.1) is 29.6 Å². The lowest BCUT2D eigenvalue weighted by Gasteiger charge is -2.36. The second-order valence-corrected chi connectivity index (χ2v) is 11.3. The average molecular weight is 570 g/mol. The number of nitrogens with zero attached hydrogens (tertiary/aromatic N) is 2. The first-order valence-electron chi connectivity index (χ1n) is 14.7. The number of esters is 1. The van der Waals surface area contributed by atoms with Crippen LogP contribution in [0.1, 0.15) is 54.7 Å². The Hall–Kier alpha value is -4.46. The molecule has 1 fully saturated rings. The molecule has 2 heterocycles. The molecule has 0 bridgehead atoms. The van der Waals surface area contributed by atoms with Gasteiger partial charge < -0.3 is 14.0 Å². The molecule has 0 radical (unpaired) electrons. The van der Waals surface area contributed by atoms with Crippen LogP contribution in [0.2, 0.25) is 0 Å². The lowest BCUT2D eigenvalue weighted by atomic mass is 9.76. The summed E-state index contributed by atoms with van der Waals surface area (Å²) in [7, 11) is -0.626. The van der Waals surface area contributed by atoms with Gasteiger partial charge in [0.25, 0.3) is 0 Å². The Kier molecular flexibility index (Phi) is 7.78. The summed E-state index contributed by atoms with van der Waals surface area (Å²) in [6.45, 7) is 8.23. The molecule has 0 amide bonds. The number of benzene rings is 4. The molecule has 7 heteroatoms. The second-order valence-electron chi connectivity index (χ2n) is 11.3. The maximum atomic E-state index is 12.4. The van der Waals surface area contributed by atoms with E-state index in [9.17, 15) is 4.79 Å². The van der Waals surface area contributed by atoms with E-state index in [4.69, 9.17) is 19.1 Å². The third-order valence-corrected chi connectivity index (χ3v) is 8.30. The van der Waals surface area contributed by atoms with Crippen LogP contribution in [0.4, 0.5) is 0 Å². The lowest BCUT2D eigenvalue weighted by molar-refractivity contribution is 0.0526. The molecule has 0 saturated carbocycles. The van der Waals surface area contributed by atoms with Gasteiger partial charge in [0.1, 0.15) is 5.54 Å². The minimum Gasteiger partial charge on any atom is -0.462 e. The Morgan fingerprint density at radius 3 is 1.81 bits per heavy atom. The molecule has 6 nitrogen and oxygen atoms in total. The monoisotopic (exact) mass is 570 g/mol. The molecule has 1 saturated heterocycles. The highest BCUT2D eigenvalue weighted by Gasteiger charge is 2.47. The largest absolute Gasteiger partial charge is 0.498 e. The normalized spacial score (nSPS) is 16.3. The van der Waals surface area contributed by atoms with Crippen molar-refractivity contribution in [1.29, 1.82) is 0 Å². The standard InChI is InChI=1S/C36H35BN2O4/c1-5-41-34(40)28-23-21-27(22-24-28)33-32(37-42-26(2)35(3,4)43-37)25-39(38-33)36(29-15-9-6-10-16-29,30-17-11-7-12-18-30)31-19-13-8-14-20-31/h6-26H,5H2,1-4H3. The Bertz CT molecular complexity index is 1590. The first-order chi connectivity index (χ1) is 20.8. The van der Waals surface area contributed by atoms with Gasteiger partial charge in [-0.05, 0) is 56.5 Å². The third-order valence-electron chi connectivity index (χ3n) is 8.30. The smallest absolute Gasteiger partial charge is 0.462 e. The molecule has 1 aliphatic rings.